The van der Waals surface area contributed by atoms with Crippen molar-refractivity contribution in [3.63, 3.8) is 0 Å². The second-order valence-electron chi connectivity index (χ2n) is 4.80. The molecule has 0 aliphatic rings. The molecule has 114 valence electrons. The van der Waals surface area contributed by atoms with Gasteiger partial charge in [0, 0.05) is 13.6 Å². The van der Waals surface area contributed by atoms with E-state index in [-0.39, 0.29) is 12.5 Å². The van der Waals surface area contributed by atoms with Gasteiger partial charge >= 0.3 is 0 Å². The summed E-state index contributed by atoms with van der Waals surface area (Å²) >= 11 is 5.22. The molecule has 0 fully saturated rings. The quantitative estimate of drug-likeness (QED) is 0.862. The highest BCUT2D eigenvalue weighted by Gasteiger charge is 2.10. The smallest absolute Gasteiger partial charge is 0.264 e. The van der Waals surface area contributed by atoms with E-state index >= 15 is 0 Å². The molecule has 2 rings (SSSR count). The number of amides is 1. The molecule has 4 nitrogen and oxygen atoms in total. The van der Waals surface area contributed by atoms with Gasteiger partial charge in [-0.15, -0.1) is 0 Å². The minimum atomic E-state index is -0.270. The SMILES string of the molecule is CN(Cc1ccccc1)C(=S)NC(=O)COc1ccccc1. The minimum Gasteiger partial charge on any atom is -0.484 e. The molecule has 0 atom stereocenters. The summed E-state index contributed by atoms with van der Waals surface area (Å²) in [5.74, 6) is 0.384. The van der Waals surface area contributed by atoms with Crippen LogP contribution in [0.5, 0.6) is 5.75 Å². The molecular formula is C17H18N2O2S. The molecule has 5 heteroatoms. The predicted octanol–water partition coefficient (Wildman–Crippen LogP) is 2.60. The maximum atomic E-state index is 11.8. The van der Waals surface area contributed by atoms with Gasteiger partial charge in [-0.3, -0.25) is 4.79 Å². The lowest BCUT2D eigenvalue weighted by atomic mass is 10.2. The maximum absolute atomic E-state index is 11.8. The summed E-state index contributed by atoms with van der Waals surface area (Å²) in [4.78, 5) is 13.6. The summed E-state index contributed by atoms with van der Waals surface area (Å²) in [6.45, 7) is 0.572. The Balaban J connectivity index is 1.77. The Bertz CT molecular complexity index is 617. The average Bonchev–Trinajstić information content (AvgIpc) is 2.55. The standard InChI is InChI=1S/C17H18N2O2S/c1-19(12-14-8-4-2-5-9-14)17(22)18-16(20)13-21-15-10-6-3-7-11-15/h2-11H,12-13H2,1H3,(H,18,20,22). The Labute approximate surface area is 135 Å². The van der Waals surface area contributed by atoms with Gasteiger partial charge in [0.15, 0.2) is 11.7 Å². The Morgan fingerprint density at radius 1 is 1.09 bits per heavy atom. The number of nitrogens with one attached hydrogen (secondary N) is 1. The van der Waals surface area contributed by atoms with Crippen LogP contribution in [0, 0.1) is 0 Å². The zero-order valence-electron chi connectivity index (χ0n) is 12.4. The molecule has 0 bridgehead atoms. The summed E-state index contributed by atoms with van der Waals surface area (Å²) < 4.78 is 5.38. The topological polar surface area (TPSA) is 41.6 Å². The highest BCUT2D eigenvalue weighted by atomic mass is 32.1. The van der Waals surface area contributed by atoms with Gasteiger partial charge in [-0.05, 0) is 29.9 Å². The fraction of sp³-hybridized carbons (Fsp3) is 0.176. The number of rotatable bonds is 5. The first kappa shape index (κ1) is 16.0. The number of benzene rings is 2. The van der Waals surface area contributed by atoms with E-state index in [0.717, 1.165) is 5.56 Å². The molecule has 0 saturated heterocycles. The van der Waals surface area contributed by atoms with Crippen molar-refractivity contribution in [2.75, 3.05) is 13.7 Å². The summed E-state index contributed by atoms with van der Waals surface area (Å²) in [6.07, 6.45) is 0. The van der Waals surface area contributed by atoms with Crippen molar-refractivity contribution in [1.82, 2.24) is 10.2 Å². The van der Waals surface area contributed by atoms with Gasteiger partial charge in [-0.1, -0.05) is 48.5 Å². The van der Waals surface area contributed by atoms with Gasteiger partial charge in [-0.2, -0.15) is 0 Å². The van der Waals surface area contributed by atoms with E-state index in [1.807, 2.05) is 60.5 Å². The Hall–Kier alpha value is -2.40. The van der Waals surface area contributed by atoms with Crippen LogP contribution in [-0.2, 0) is 11.3 Å². The Morgan fingerprint density at radius 2 is 1.68 bits per heavy atom. The zero-order chi connectivity index (χ0) is 15.8. The van der Waals surface area contributed by atoms with Gasteiger partial charge < -0.3 is 15.0 Å². The van der Waals surface area contributed by atoms with E-state index in [1.54, 1.807) is 12.1 Å². The Kier molecular flexibility index (Phi) is 5.91. The highest BCUT2D eigenvalue weighted by molar-refractivity contribution is 7.80. The monoisotopic (exact) mass is 314 g/mol. The molecule has 0 heterocycles. The molecule has 2 aromatic rings. The number of hydrogen-bond acceptors (Lipinski definition) is 3. The first-order valence-corrected chi connectivity index (χ1v) is 7.32. The van der Waals surface area contributed by atoms with Crippen molar-refractivity contribution in [1.29, 1.82) is 0 Å². The van der Waals surface area contributed by atoms with E-state index in [1.165, 1.54) is 0 Å². The molecule has 0 aliphatic carbocycles. The number of nitrogens with zero attached hydrogens (tertiary/aromatic N) is 1. The first-order chi connectivity index (χ1) is 10.6. The summed E-state index contributed by atoms with van der Waals surface area (Å²) in [6, 6.07) is 19.1. The van der Waals surface area contributed by atoms with E-state index in [4.69, 9.17) is 17.0 Å². The van der Waals surface area contributed by atoms with Crippen LogP contribution in [0.4, 0.5) is 0 Å². The fourth-order valence-corrected chi connectivity index (χ4v) is 2.02. The van der Waals surface area contributed by atoms with E-state index in [2.05, 4.69) is 5.32 Å². The molecule has 2 aromatic carbocycles. The lowest BCUT2D eigenvalue weighted by molar-refractivity contribution is -0.121. The maximum Gasteiger partial charge on any atom is 0.264 e. The van der Waals surface area contributed by atoms with Crippen molar-refractivity contribution >= 4 is 23.2 Å². The number of hydrogen-bond donors (Lipinski definition) is 1. The van der Waals surface area contributed by atoms with Crippen LogP contribution >= 0.6 is 12.2 Å². The third-order valence-corrected chi connectivity index (χ3v) is 3.38. The van der Waals surface area contributed by atoms with Crippen LogP contribution in [0.1, 0.15) is 5.56 Å². The minimum absolute atomic E-state index is 0.0661. The van der Waals surface area contributed by atoms with Crippen LogP contribution in [0.25, 0.3) is 0 Å². The van der Waals surface area contributed by atoms with Crippen molar-refractivity contribution in [2.45, 2.75) is 6.54 Å². The van der Waals surface area contributed by atoms with Gasteiger partial charge in [-0.25, -0.2) is 0 Å². The van der Waals surface area contributed by atoms with Crippen LogP contribution in [0.3, 0.4) is 0 Å². The summed E-state index contributed by atoms with van der Waals surface area (Å²) in [7, 11) is 1.84. The number of para-hydroxylation sites is 1. The van der Waals surface area contributed by atoms with Crippen LogP contribution in [0.15, 0.2) is 60.7 Å². The van der Waals surface area contributed by atoms with Gasteiger partial charge in [0.2, 0.25) is 0 Å². The van der Waals surface area contributed by atoms with E-state index < -0.39 is 0 Å². The first-order valence-electron chi connectivity index (χ1n) is 6.92. The zero-order valence-corrected chi connectivity index (χ0v) is 13.2. The molecule has 0 aromatic heterocycles. The number of carbonyl (C=O) groups is 1. The number of ether oxygens (including phenoxy) is 1. The predicted molar refractivity (Wildman–Crippen MR) is 90.6 cm³/mol. The third kappa shape index (κ3) is 5.18. The van der Waals surface area contributed by atoms with Crippen molar-refractivity contribution in [3.8, 4) is 5.75 Å². The average molecular weight is 314 g/mol. The van der Waals surface area contributed by atoms with Crippen molar-refractivity contribution in [3.05, 3.63) is 66.2 Å². The van der Waals surface area contributed by atoms with E-state index in [9.17, 15) is 4.79 Å². The normalized spacial score (nSPS) is 9.86. The van der Waals surface area contributed by atoms with Crippen LogP contribution in [-0.4, -0.2) is 29.6 Å². The third-order valence-electron chi connectivity index (χ3n) is 2.97. The largest absolute Gasteiger partial charge is 0.484 e. The molecule has 0 saturated carbocycles. The van der Waals surface area contributed by atoms with Gasteiger partial charge in [0.1, 0.15) is 5.75 Å². The summed E-state index contributed by atoms with van der Waals surface area (Å²) in [5.41, 5.74) is 1.13. The molecule has 0 aliphatic heterocycles. The molecule has 0 spiro atoms. The molecule has 1 N–H and O–H groups in total. The molecule has 0 unspecified atom stereocenters. The van der Waals surface area contributed by atoms with Crippen LogP contribution in [0.2, 0.25) is 0 Å². The number of thiocarbonyl (C=S) groups is 1. The highest BCUT2D eigenvalue weighted by Crippen LogP contribution is 2.07. The Morgan fingerprint density at radius 3 is 2.32 bits per heavy atom. The van der Waals surface area contributed by atoms with Gasteiger partial charge in [0.25, 0.3) is 5.91 Å². The molecule has 0 radical (unpaired) electrons. The lowest BCUT2D eigenvalue weighted by Gasteiger charge is -2.20. The summed E-state index contributed by atoms with van der Waals surface area (Å²) in [5, 5.41) is 3.04. The lowest BCUT2D eigenvalue weighted by Crippen LogP contribution is -2.42. The fourth-order valence-electron chi connectivity index (χ4n) is 1.85. The van der Waals surface area contributed by atoms with Crippen LogP contribution < -0.4 is 10.1 Å². The molecule has 1 amide bonds. The van der Waals surface area contributed by atoms with Crippen molar-refractivity contribution in [2.24, 2.45) is 0 Å². The second kappa shape index (κ2) is 8.14. The van der Waals surface area contributed by atoms with Gasteiger partial charge in [0.05, 0.1) is 0 Å². The molecular weight excluding hydrogens is 296 g/mol. The van der Waals surface area contributed by atoms with Crippen molar-refractivity contribution < 1.29 is 9.53 Å². The van der Waals surface area contributed by atoms with E-state index in [0.29, 0.717) is 17.4 Å². The molecule has 22 heavy (non-hydrogen) atoms. The number of carbonyl (C=O) groups excluding carboxylic acids is 1. The second-order valence-corrected chi connectivity index (χ2v) is 5.18.